The lowest BCUT2D eigenvalue weighted by Crippen LogP contribution is -1.97. The second-order valence-electron chi connectivity index (χ2n) is 2.73. The molecule has 0 spiro atoms. The molecule has 0 saturated carbocycles. The molecule has 0 fully saturated rings. The van der Waals surface area contributed by atoms with Crippen molar-refractivity contribution in [1.29, 1.82) is 0 Å². The number of benzene rings is 1. The summed E-state index contributed by atoms with van der Waals surface area (Å²) in [5, 5.41) is 9.32. The van der Waals surface area contributed by atoms with Crippen molar-refractivity contribution in [3.63, 3.8) is 0 Å². The molecular weight excluding hydrogens is 267 g/mol. The van der Waals surface area contributed by atoms with Crippen LogP contribution >= 0.6 is 27.5 Å². The van der Waals surface area contributed by atoms with Crippen LogP contribution in [-0.2, 0) is 6.61 Å². The van der Waals surface area contributed by atoms with Crippen LogP contribution in [0.1, 0.15) is 5.56 Å². The van der Waals surface area contributed by atoms with Crippen LogP contribution in [0.3, 0.4) is 0 Å². The first kappa shape index (κ1) is 11.6. The Morgan fingerprint density at radius 2 is 2.29 bits per heavy atom. The van der Waals surface area contributed by atoms with Crippen LogP contribution in [0.15, 0.2) is 34.3 Å². The minimum absolute atomic E-state index is 0.0150. The normalized spacial score (nSPS) is 9.93. The summed E-state index contributed by atoms with van der Waals surface area (Å²) in [5.41, 5.74) is 0.828. The fourth-order valence-corrected chi connectivity index (χ4v) is 1.51. The molecule has 2 nitrogen and oxygen atoms in total. The van der Waals surface area contributed by atoms with Crippen LogP contribution in [0.4, 0.5) is 0 Å². The van der Waals surface area contributed by atoms with Crippen LogP contribution in [0.5, 0.6) is 5.75 Å². The Labute approximate surface area is 96.3 Å². The molecule has 0 bridgehead atoms. The highest BCUT2D eigenvalue weighted by Gasteiger charge is 2.02. The average Bonchev–Trinajstić information content (AvgIpc) is 2.15. The molecule has 0 atom stereocenters. The third kappa shape index (κ3) is 3.33. The first-order chi connectivity index (χ1) is 6.63. The van der Waals surface area contributed by atoms with Crippen molar-refractivity contribution in [2.45, 2.75) is 6.61 Å². The van der Waals surface area contributed by atoms with Gasteiger partial charge in [-0.1, -0.05) is 24.2 Å². The van der Waals surface area contributed by atoms with Gasteiger partial charge in [-0.05, 0) is 33.6 Å². The summed E-state index contributed by atoms with van der Waals surface area (Å²) < 4.78 is 6.13. The van der Waals surface area contributed by atoms with Gasteiger partial charge in [-0.3, -0.25) is 0 Å². The molecule has 1 rings (SSSR count). The summed E-state index contributed by atoms with van der Waals surface area (Å²) in [6, 6.07) is 5.36. The van der Waals surface area contributed by atoms with E-state index in [2.05, 4.69) is 22.5 Å². The van der Waals surface area contributed by atoms with Gasteiger partial charge in [0.05, 0.1) is 11.1 Å². The number of halogens is 2. The maximum atomic E-state index is 8.87. The van der Waals surface area contributed by atoms with Gasteiger partial charge in [0.2, 0.25) is 0 Å². The molecule has 0 unspecified atom stereocenters. The molecule has 0 aliphatic carbocycles. The highest BCUT2D eigenvalue weighted by atomic mass is 79.9. The van der Waals surface area contributed by atoms with E-state index in [4.69, 9.17) is 21.4 Å². The second-order valence-corrected chi connectivity index (χ2v) is 4.12. The quantitative estimate of drug-likeness (QED) is 0.916. The molecule has 0 heterocycles. The van der Waals surface area contributed by atoms with Crippen LogP contribution < -0.4 is 4.74 Å². The molecule has 76 valence electrons. The predicted octanol–water partition coefficient (Wildman–Crippen LogP) is 3.07. The lowest BCUT2D eigenvalue weighted by Gasteiger charge is -2.07. The minimum atomic E-state index is 0.0150. The third-order valence-electron chi connectivity index (χ3n) is 1.56. The van der Waals surface area contributed by atoms with Gasteiger partial charge in [0.25, 0.3) is 0 Å². The monoisotopic (exact) mass is 276 g/mol. The Bertz CT molecular complexity index is 339. The summed E-state index contributed by atoms with van der Waals surface area (Å²) in [4.78, 5) is 0. The van der Waals surface area contributed by atoms with Crippen molar-refractivity contribution in [3.8, 4) is 5.75 Å². The largest absolute Gasteiger partial charge is 0.487 e. The molecular formula is C10H10BrClO2. The molecule has 0 saturated heterocycles. The van der Waals surface area contributed by atoms with Gasteiger partial charge in [-0.2, -0.15) is 0 Å². The van der Waals surface area contributed by atoms with E-state index in [1.165, 1.54) is 0 Å². The van der Waals surface area contributed by atoms with Crippen molar-refractivity contribution in [3.05, 3.63) is 39.8 Å². The number of aliphatic hydroxyl groups excluding tert-OH is 1. The lowest BCUT2D eigenvalue weighted by atomic mass is 10.2. The average molecular weight is 278 g/mol. The number of hydrogen-bond donors (Lipinski definition) is 1. The first-order valence-electron chi connectivity index (χ1n) is 3.99. The maximum absolute atomic E-state index is 8.87. The SMILES string of the molecule is C=C(Cl)COc1ccc(CO)cc1Br. The number of hydrogen-bond acceptors (Lipinski definition) is 2. The van der Waals surface area contributed by atoms with Crippen molar-refractivity contribution in [1.82, 2.24) is 0 Å². The summed E-state index contributed by atoms with van der Waals surface area (Å²) in [6.07, 6.45) is 0. The fourth-order valence-electron chi connectivity index (χ4n) is 0.916. The second kappa shape index (κ2) is 5.39. The van der Waals surface area contributed by atoms with Crippen LogP contribution in [0.2, 0.25) is 0 Å². The van der Waals surface area contributed by atoms with Gasteiger partial charge in [-0.25, -0.2) is 0 Å². The van der Waals surface area contributed by atoms with E-state index in [9.17, 15) is 0 Å². The molecule has 14 heavy (non-hydrogen) atoms. The topological polar surface area (TPSA) is 29.5 Å². The standard InChI is InChI=1S/C10H10BrClO2/c1-7(12)6-14-10-3-2-8(5-13)4-9(10)11/h2-4,13H,1,5-6H2. The van der Waals surface area contributed by atoms with Crippen LogP contribution in [0.25, 0.3) is 0 Å². The van der Waals surface area contributed by atoms with Gasteiger partial charge in [0.15, 0.2) is 0 Å². The fraction of sp³-hybridized carbons (Fsp3) is 0.200. The minimum Gasteiger partial charge on any atom is -0.487 e. The first-order valence-corrected chi connectivity index (χ1v) is 5.16. The Balaban J connectivity index is 2.73. The predicted molar refractivity (Wildman–Crippen MR) is 60.6 cm³/mol. The summed E-state index contributed by atoms with van der Waals surface area (Å²) in [6.45, 7) is 3.81. The smallest absolute Gasteiger partial charge is 0.134 e. The van der Waals surface area contributed by atoms with E-state index in [1.807, 2.05) is 0 Å². The van der Waals surface area contributed by atoms with Gasteiger partial charge in [-0.15, -0.1) is 0 Å². The molecule has 0 radical (unpaired) electrons. The van der Waals surface area contributed by atoms with E-state index >= 15 is 0 Å². The zero-order valence-corrected chi connectivity index (χ0v) is 9.81. The molecule has 0 aromatic heterocycles. The van der Waals surface area contributed by atoms with Gasteiger partial charge in [0.1, 0.15) is 12.4 Å². The van der Waals surface area contributed by atoms with Crippen molar-refractivity contribution in [2.24, 2.45) is 0 Å². The van der Waals surface area contributed by atoms with E-state index < -0.39 is 0 Å². The molecule has 0 aliphatic rings. The van der Waals surface area contributed by atoms with Crippen LogP contribution in [0, 0.1) is 0 Å². The van der Waals surface area contributed by atoms with Crippen molar-refractivity contribution < 1.29 is 9.84 Å². The van der Waals surface area contributed by atoms with E-state index in [-0.39, 0.29) is 13.2 Å². The van der Waals surface area contributed by atoms with E-state index in [0.717, 1.165) is 10.0 Å². The number of aliphatic hydroxyl groups is 1. The summed E-state index contributed by atoms with van der Waals surface area (Å²) in [7, 11) is 0. The van der Waals surface area contributed by atoms with E-state index in [0.29, 0.717) is 10.8 Å². The Morgan fingerprint density at radius 1 is 1.57 bits per heavy atom. The zero-order valence-electron chi connectivity index (χ0n) is 7.46. The Kier molecular flexibility index (Phi) is 4.45. The number of ether oxygens (including phenoxy) is 1. The Hall–Kier alpha value is -0.510. The highest BCUT2D eigenvalue weighted by molar-refractivity contribution is 9.10. The third-order valence-corrected chi connectivity index (χ3v) is 2.29. The molecule has 1 aromatic carbocycles. The molecule has 1 aromatic rings. The molecule has 1 N–H and O–H groups in total. The molecule has 0 aliphatic heterocycles. The number of rotatable bonds is 4. The van der Waals surface area contributed by atoms with E-state index in [1.54, 1.807) is 18.2 Å². The lowest BCUT2D eigenvalue weighted by molar-refractivity contribution is 0.281. The molecule has 0 amide bonds. The van der Waals surface area contributed by atoms with Gasteiger partial charge >= 0.3 is 0 Å². The van der Waals surface area contributed by atoms with Crippen molar-refractivity contribution in [2.75, 3.05) is 6.61 Å². The van der Waals surface area contributed by atoms with Crippen LogP contribution in [-0.4, -0.2) is 11.7 Å². The summed E-state index contributed by atoms with van der Waals surface area (Å²) in [5.74, 6) is 0.684. The van der Waals surface area contributed by atoms with Gasteiger partial charge in [0, 0.05) is 5.03 Å². The Morgan fingerprint density at radius 3 is 2.79 bits per heavy atom. The summed E-state index contributed by atoms with van der Waals surface area (Å²) >= 11 is 8.89. The van der Waals surface area contributed by atoms with Gasteiger partial charge < -0.3 is 9.84 Å². The van der Waals surface area contributed by atoms with Crippen molar-refractivity contribution >= 4 is 27.5 Å². The molecule has 4 heteroatoms. The zero-order chi connectivity index (χ0) is 10.6. The maximum Gasteiger partial charge on any atom is 0.134 e. The highest BCUT2D eigenvalue weighted by Crippen LogP contribution is 2.26.